The first kappa shape index (κ1) is 13.7. The fourth-order valence-electron chi connectivity index (χ4n) is 1.70. The second kappa shape index (κ2) is 6.44. The number of carbonyl (C=O) groups is 1. The molecule has 0 radical (unpaired) electrons. The van der Waals surface area contributed by atoms with E-state index in [1.54, 1.807) is 48.5 Å². The van der Waals surface area contributed by atoms with Gasteiger partial charge in [0.2, 0.25) is 0 Å². The summed E-state index contributed by atoms with van der Waals surface area (Å²) >= 11 is 4.57. The van der Waals surface area contributed by atoms with Crippen LogP contribution in [0, 0.1) is 12.3 Å². The van der Waals surface area contributed by atoms with Gasteiger partial charge in [0.25, 0.3) is 5.91 Å². The smallest absolute Gasteiger partial charge is 0.257 e. The highest BCUT2D eigenvalue weighted by atomic mass is 32.1. The monoisotopic (exact) mass is 278 g/mol. The summed E-state index contributed by atoms with van der Waals surface area (Å²) in [5.41, 5.74) is 2.24. The fraction of sp³-hybridized carbons (Fsp3) is 0. The molecule has 0 aliphatic rings. The van der Waals surface area contributed by atoms with Gasteiger partial charge in [-0.05, 0) is 42.5 Å². The van der Waals surface area contributed by atoms with Crippen molar-refractivity contribution in [2.24, 2.45) is 4.99 Å². The predicted molar refractivity (Wildman–Crippen MR) is 83.5 cm³/mol. The largest absolute Gasteiger partial charge is 0.322 e. The fourth-order valence-corrected chi connectivity index (χ4v) is 1.80. The highest BCUT2D eigenvalue weighted by Crippen LogP contribution is 2.20. The zero-order valence-electron chi connectivity index (χ0n) is 10.5. The molecule has 20 heavy (non-hydrogen) atoms. The van der Waals surface area contributed by atoms with Gasteiger partial charge in [0.05, 0.1) is 16.4 Å². The van der Waals surface area contributed by atoms with Crippen molar-refractivity contribution in [2.75, 3.05) is 5.32 Å². The standard InChI is InChI=1S/C16H10N2OS/c1-2-12-6-5-7-13(10-12)18-16(19)14-8-3-4-9-15(14)17-11-20/h1,3-10H,(H,18,19). The lowest BCUT2D eigenvalue weighted by atomic mass is 10.1. The molecule has 0 heterocycles. The third-order valence-corrected chi connectivity index (χ3v) is 2.69. The highest BCUT2D eigenvalue weighted by Gasteiger charge is 2.10. The maximum Gasteiger partial charge on any atom is 0.257 e. The molecule has 1 amide bonds. The summed E-state index contributed by atoms with van der Waals surface area (Å²) in [7, 11) is 0. The van der Waals surface area contributed by atoms with Gasteiger partial charge < -0.3 is 5.32 Å². The van der Waals surface area contributed by atoms with Crippen LogP contribution in [0.2, 0.25) is 0 Å². The number of anilines is 1. The topological polar surface area (TPSA) is 41.5 Å². The van der Waals surface area contributed by atoms with Gasteiger partial charge in [-0.1, -0.05) is 24.1 Å². The van der Waals surface area contributed by atoms with Crippen LogP contribution in [0.5, 0.6) is 0 Å². The lowest BCUT2D eigenvalue weighted by molar-refractivity contribution is 0.102. The van der Waals surface area contributed by atoms with E-state index in [2.05, 4.69) is 33.6 Å². The Morgan fingerprint density at radius 3 is 2.75 bits per heavy atom. The quantitative estimate of drug-likeness (QED) is 0.529. The molecule has 96 valence electrons. The van der Waals surface area contributed by atoms with Crippen LogP contribution < -0.4 is 5.32 Å². The molecule has 2 aromatic carbocycles. The predicted octanol–water partition coefficient (Wildman–Crippen LogP) is 3.65. The summed E-state index contributed by atoms with van der Waals surface area (Å²) in [6, 6.07) is 14.0. The number of terminal acetylenes is 1. The average Bonchev–Trinajstić information content (AvgIpc) is 2.48. The van der Waals surface area contributed by atoms with Gasteiger partial charge in [0, 0.05) is 11.3 Å². The van der Waals surface area contributed by atoms with Crippen LogP contribution in [0.1, 0.15) is 15.9 Å². The van der Waals surface area contributed by atoms with E-state index in [1.807, 2.05) is 0 Å². The minimum Gasteiger partial charge on any atom is -0.322 e. The van der Waals surface area contributed by atoms with Crippen molar-refractivity contribution in [3.63, 3.8) is 0 Å². The molecule has 0 bridgehead atoms. The maximum absolute atomic E-state index is 12.2. The minimum absolute atomic E-state index is 0.274. The first-order chi connectivity index (χ1) is 9.74. The zero-order chi connectivity index (χ0) is 14.4. The van der Waals surface area contributed by atoms with Crippen molar-refractivity contribution >= 4 is 34.7 Å². The van der Waals surface area contributed by atoms with Gasteiger partial charge in [-0.15, -0.1) is 6.42 Å². The minimum atomic E-state index is -0.274. The van der Waals surface area contributed by atoms with E-state index >= 15 is 0 Å². The zero-order valence-corrected chi connectivity index (χ0v) is 11.3. The Morgan fingerprint density at radius 2 is 2.00 bits per heavy atom. The van der Waals surface area contributed by atoms with E-state index in [4.69, 9.17) is 6.42 Å². The molecule has 0 saturated heterocycles. The summed E-state index contributed by atoms with van der Waals surface area (Å²) in [6.07, 6.45) is 5.33. The molecule has 2 rings (SSSR count). The number of hydrogen-bond donors (Lipinski definition) is 1. The van der Waals surface area contributed by atoms with Gasteiger partial charge in [-0.25, -0.2) is 0 Å². The molecule has 0 saturated carbocycles. The van der Waals surface area contributed by atoms with Crippen molar-refractivity contribution in [2.45, 2.75) is 0 Å². The number of thiocarbonyl (C=S) groups is 1. The first-order valence-corrected chi connectivity index (χ1v) is 6.20. The van der Waals surface area contributed by atoms with E-state index in [-0.39, 0.29) is 5.91 Å². The van der Waals surface area contributed by atoms with Crippen molar-refractivity contribution in [3.05, 3.63) is 59.7 Å². The first-order valence-electron chi connectivity index (χ1n) is 5.79. The van der Waals surface area contributed by atoms with Crippen LogP contribution in [0.4, 0.5) is 11.4 Å². The number of amides is 1. The number of para-hydroxylation sites is 1. The molecule has 0 unspecified atom stereocenters. The van der Waals surface area contributed by atoms with Crippen LogP contribution >= 0.6 is 12.2 Å². The molecule has 0 fully saturated rings. The molecule has 0 aromatic heterocycles. The summed E-state index contributed by atoms with van der Waals surface area (Å²) < 4.78 is 0. The lowest BCUT2D eigenvalue weighted by Gasteiger charge is -2.07. The third-order valence-electron chi connectivity index (χ3n) is 2.60. The van der Waals surface area contributed by atoms with Crippen LogP contribution in [0.15, 0.2) is 53.5 Å². The number of isothiocyanates is 1. The van der Waals surface area contributed by atoms with E-state index in [9.17, 15) is 4.79 Å². The molecule has 4 heteroatoms. The average molecular weight is 278 g/mol. The molecule has 0 spiro atoms. The Bertz CT molecular complexity index is 740. The third kappa shape index (κ3) is 3.18. The van der Waals surface area contributed by atoms with E-state index in [0.717, 1.165) is 0 Å². The summed E-state index contributed by atoms with van der Waals surface area (Å²) in [4.78, 5) is 16.1. The Kier molecular flexibility index (Phi) is 4.41. The normalized spacial score (nSPS) is 9.15. The maximum atomic E-state index is 12.2. The lowest BCUT2D eigenvalue weighted by Crippen LogP contribution is -2.12. The van der Waals surface area contributed by atoms with E-state index < -0.39 is 0 Å². The molecule has 0 atom stereocenters. The number of nitrogens with one attached hydrogen (secondary N) is 1. The summed E-state index contributed by atoms with van der Waals surface area (Å²) in [5, 5.41) is 5.04. The van der Waals surface area contributed by atoms with Gasteiger partial charge in [-0.3, -0.25) is 4.79 Å². The number of aliphatic imine (C=N–C) groups is 1. The van der Waals surface area contributed by atoms with E-state index in [0.29, 0.717) is 22.5 Å². The summed E-state index contributed by atoms with van der Waals surface area (Å²) in [6.45, 7) is 0. The van der Waals surface area contributed by atoms with E-state index in [1.165, 1.54) is 0 Å². The number of rotatable bonds is 3. The van der Waals surface area contributed by atoms with Crippen LogP contribution in [-0.4, -0.2) is 11.1 Å². The Labute approximate surface area is 122 Å². The molecular weight excluding hydrogens is 268 g/mol. The Hall–Kier alpha value is -2.73. The molecule has 2 aromatic rings. The van der Waals surface area contributed by atoms with Gasteiger partial charge in [0.15, 0.2) is 0 Å². The van der Waals surface area contributed by atoms with Gasteiger partial charge in [0.1, 0.15) is 0 Å². The van der Waals surface area contributed by atoms with Crippen molar-refractivity contribution in [3.8, 4) is 12.3 Å². The molecule has 1 N–H and O–H groups in total. The van der Waals surface area contributed by atoms with Crippen LogP contribution in [0.3, 0.4) is 0 Å². The SMILES string of the molecule is C#Cc1cccc(NC(=O)c2ccccc2N=C=S)c1. The second-order valence-corrected chi connectivity index (χ2v) is 4.08. The van der Waals surface area contributed by atoms with Gasteiger partial charge in [-0.2, -0.15) is 4.99 Å². The molecule has 3 nitrogen and oxygen atoms in total. The number of benzene rings is 2. The molecule has 0 aliphatic carbocycles. The summed E-state index contributed by atoms with van der Waals surface area (Å²) in [5.74, 6) is 2.24. The number of carbonyl (C=O) groups excluding carboxylic acids is 1. The highest BCUT2D eigenvalue weighted by molar-refractivity contribution is 7.78. The van der Waals surface area contributed by atoms with Crippen LogP contribution in [0.25, 0.3) is 0 Å². The molecule has 0 aliphatic heterocycles. The molecular formula is C16H10N2OS. The Balaban J connectivity index is 2.29. The second-order valence-electron chi connectivity index (χ2n) is 3.90. The van der Waals surface area contributed by atoms with Crippen molar-refractivity contribution in [1.82, 2.24) is 0 Å². The Morgan fingerprint density at radius 1 is 1.20 bits per heavy atom. The van der Waals surface area contributed by atoms with Crippen molar-refractivity contribution in [1.29, 1.82) is 0 Å². The van der Waals surface area contributed by atoms with Crippen molar-refractivity contribution < 1.29 is 4.79 Å². The van der Waals surface area contributed by atoms with Gasteiger partial charge >= 0.3 is 0 Å². The number of nitrogens with zero attached hydrogens (tertiary/aromatic N) is 1. The van der Waals surface area contributed by atoms with Crippen LogP contribution in [-0.2, 0) is 0 Å². The number of hydrogen-bond acceptors (Lipinski definition) is 3.